The summed E-state index contributed by atoms with van der Waals surface area (Å²) in [6, 6.07) is 0. The van der Waals surface area contributed by atoms with E-state index in [1.54, 1.807) is 0 Å². The van der Waals surface area contributed by atoms with Crippen LogP contribution in [0.15, 0.2) is 23.7 Å². The van der Waals surface area contributed by atoms with E-state index in [1.807, 2.05) is 83.1 Å². The Bertz CT molecular complexity index is 505. The molecule has 27 heavy (non-hydrogen) atoms. The van der Waals surface area contributed by atoms with Crippen LogP contribution in [0.25, 0.3) is 0 Å². The molecule has 0 amide bonds. The third kappa shape index (κ3) is 13.7. The summed E-state index contributed by atoms with van der Waals surface area (Å²) >= 11 is 0. The maximum atomic E-state index is 11.4. The smallest absolute Gasteiger partial charge is 0.875 e. The molecule has 0 fully saturated rings. The topological polar surface area (TPSA) is 80.3 Å². The van der Waals surface area contributed by atoms with Crippen molar-refractivity contribution in [2.75, 3.05) is 0 Å². The minimum absolute atomic E-state index is 0. The van der Waals surface area contributed by atoms with Gasteiger partial charge in [-0.15, -0.1) is 11.5 Å². The van der Waals surface area contributed by atoms with Gasteiger partial charge in [0.25, 0.3) is 0 Å². The molecule has 0 bridgehead atoms. The Morgan fingerprint density at radius 1 is 0.519 bits per heavy atom. The van der Waals surface area contributed by atoms with Gasteiger partial charge in [0.2, 0.25) is 0 Å². The summed E-state index contributed by atoms with van der Waals surface area (Å²) in [5, 5.41) is 22.9. The Kier molecular flexibility index (Phi) is 11.9. The quantitative estimate of drug-likeness (QED) is 0.383. The summed E-state index contributed by atoms with van der Waals surface area (Å²) in [4.78, 5) is 22.9. The van der Waals surface area contributed by atoms with E-state index in [2.05, 4.69) is 0 Å². The summed E-state index contributed by atoms with van der Waals surface area (Å²) in [6.45, 7) is 21.7. The van der Waals surface area contributed by atoms with E-state index in [0.29, 0.717) is 0 Å². The minimum atomic E-state index is -0.457. The number of rotatable bonds is 2. The van der Waals surface area contributed by atoms with Gasteiger partial charge < -0.3 is 10.2 Å². The number of carbonyl (C=O) groups excluding carboxylic acids is 2. The fourth-order valence-electron chi connectivity index (χ4n) is 1.10. The van der Waals surface area contributed by atoms with E-state index in [9.17, 15) is 19.8 Å². The van der Waals surface area contributed by atoms with Crippen LogP contribution < -0.4 is 10.2 Å². The summed E-state index contributed by atoms with van der Waals surface area (Å²) in [7, 11) is 0. The van der Waals surface area contributed by atoms with Gasteiger partial charge in [-0.25, -0.2) is 0 Å². The summed E-state index contributed by atoms with van der Waals surface area (Å²) < 4.78 is 0. The van der Waals surface area contributed by atoms with Crippen LogP contribution in [-0.2, 0) is 26.1 Å². The third-order valence-corrected chi connectivity index (χ3v) is 3.48. The molecule has 0 aliphatic heterocycles. The molecule has 0 atom stereocenters. The molecular weight excluding hydrogens is 387 g/mol. The van der Waals surface area contributed by atoms with Gasteiger partial charge in [0.15, 0.2) is 11.6 Å². The first-order valence-corrected chi connectivity index (χ1v) is 8.97. The Labute approximate surface area is 176 Å². The first-order valence-electron chi connectivity index (χ1n) is 8.97. The van der Waals surface area contributed by atoms with Crippen LogP contribution in [0.1, 0.15) is 83.1 Å². The molecule has 0 spiro atoms. The zero-order chi connectivity index (χ0) is 21.7. The van der Waals surface area contributed by atoms with E-state index in [4.69, 9.17) is 0 Å². The number of carbonyl (C=O) groups is 2. The zero-order valence-corrected chi connectivity index (χ0v) is 20.1. The maximum absolute atomic E-state index is 11.4. The van der Waals surface area contributed by atoms with Crippen LogP contribution >= 0.6 is 0 Å². The van der Waals surface area contributed by atoms with Crippen molar-refractivity contribution in [3.8, 4) is 0 Å². The monoisotopic (exact) mass is 424 g/mol. The fourth-order valence-corrected chi connectivity index (χ4v) is 1.10. The van der Waals surface area contributed by atoms with Gasteiger partial charge in [0.1, 0.15) is 0 Å². The Morgan fingerprint density at radius 3 is 0.815 bits per heavy atom. The summed E-state index contributed by atoms with van der Waals surface area (Å²) in [5.74, 6) is -0.417. The molecule has 5 heteroatoms. The molecule has 0 aromatic heterocycles. The van der Waals surface area contributed by atoms with Crippen LogP contribution in [0, 0.1) is 21.7 Å². The van der Waals surface area contributed by atoms with Crippen molar-refractivity contribution >= 4 is 11.6 Å². The average molecular weight is 425 g/mol. The van der Waals surface area contributed by atoms with Crippen LogP contribution in [0.5, 0.6) is 0 Å². The molecule has 160 valence electrons. The first-order chi connectivity index (χ1) is 11.1. The van der Waals surface area contributed by atoms with Gasteiger partial charge in [-0.2, -0.15) is 0 Å². The van der Waals surface area contributed by atoms with Gasteiger partial charge in [-0.3, -0.25) is 9.59 Å². The zero-order valence-electron chi connectivity index (χ0n) is 19.1. The molecule has 0 rings (SSSR count). The van der Waals surface area contributed by atoms with Crippen molar-refractivity contribution in [3.05, 3.63) is 23.7 Å². The molecule has 0 radical (unpaired) electrons. The normalized spacial score (nSPS) is 13.9. The average Bonchev–Trinajstić information content (AvgIpc) is 2.34. The van der Waals surface area contributed by atoms with E-state index in [1.165, 1.54) is 12.2 Å². The Morgan fingerprint density at radius 2 is 0.704 bits per heavy atom. The van der Waals surface area contributed by atoms with Crippen LogP contribution in [0.3, 0.4) is 0 Å². The number of hydrogen-bond acceptors (Lipinski definition) is 4. The SMILES string of the molecule is CC(C)(C)C(=O)C=C([O-])C(C)(C)C.CC(C)(C)C(=O)C=C([O-])C(C)(C)C.[Ni+2]. The molecule has 0 saturated heterocycles. The predicted molar refractivity (Wildman–Crippen MR) is 104 cm³/mol. The molecule has 0 aromatic carbocycles. The molecular formula is C22H38NiO4. The summed E-state index contributed by atoms with van der Waals surface area (Å²) in [6.07, 6.45) is 2.44. The summed E-state index contributed by atoms with van der Waals surface area (Å²) in [5.41, 5.74) is -1.83. The standard InChI is InChI=1S/2C11H20O2.Ni/c2*1-10(2,3)8(12)7-9(13)11(4,5)6;/h2*7,12H,1-6H3;/q;;+2/p-2. The number of hydrogen-bond donors (Lipinski definition) is 0. The molecule has 0 aromatic rings. The van der Waals surface area contributed by atoms with Crippen molar-refractivity contribution in [1.82, 2.24) is 0 Å². The fraction of sp³-hybridized carbons (Fsp3) is 0.727. The van der Waals surface area contributed by atoms with Gasteiger partial charge in [0, 0.05) is 10.8 Å². The predicted octanol–water partition coefficient (Wildman–Crippen LogP) is 3.78. The van der Waals surface area contributed by atoms with Gasteiger partial charge in [0.05, 0.1) is 0 Å². The van der Waals surface area contributed by atoms with Gasteiger partial charge in [-0.05, 0) is 23.0 Å². The molecule has 0 N–H and O–H groups in total. The third-order valence-electron chi connectivity index (χ3n) is 3.48. The second-order valence-electron chi connectivity index (χ2n) is 10.7. The Balaban J connectivity index is -0.000000411. The van der Waals surface area contributed by atoms with Gasteiger partial charge >= 0.3 is 16.5 Å². The van der Waals surface area contributed by atoms with Crippen LogP contribution in [-0.4, -0.2) is 11.6 Å². The van der Waals surface area contributed by atoms with E-state index < -0.39 is 21.7 Å². The second kappa shape index (κ2) is 10.5. The largest absolute Gasteiger partial charge is 2.00 e. The van der Waals surface area contributed by atoms with Crippen molar-refractivity contribution in [3.63, 3.8) is 0 Å². The van der Waals surface area contributed by atoms with Crippen molar-refractivity contribution in [1.29, 1.82) is 0 Å². The van der Waals surface area contributed by atoms with Crippen LogP contribution in [0.4, 0.5) is 0 Å². The molecule has 0 saturated carbocycles. The molecule has 0 unspecified atom stereocenters. The van der Waals surface area contributed by atoms with Crippen LogP contribution in [0.2, 0.25) is 0 Å². The number of allylic oxidation sites excluding steroid dienone is 4. The Hall–Kier alpha value is -1.09. The van der Waals surface area contributed by atoms with Crippen molar-refractivity contribution < 1.29 is 36.3 Å². The molecule has 4 nitrogen and oxygen atoms in total. The molecule has 0 heterocycles. The minimum Gasteiger partial charge on any atom is -0.875 e. The van der Waals surface area contributed by atoms with Crippen molar-refractivity contribution in [2.24, 2.45) is 21.7 Å². The van der Waals surface area contributed by atoms with E-state index in [0.717, 1.165) is 0 Å². The first kappa shape index (κ1) is 30.6. The van der Waals surface area contributed by atoms with Gasteiger partial charge in [-0.1, -0.05) is 83.1 Å². The van der Waals surface area contributed by atoms with E-state index >= 15 is 0 Å². The molecule has 0 aliphatic carbocycles. The van der Waals surface area contributed by atoms with E-state index in [-0.39, 0.29) is 39.6 Å². The molecule has 0 aliphatic rings. The number of ketones is 2. The second-order valence-corrected chi connectivity index (χ2v) is 10.7. The maximum Gasteiger partial charge on any atom is 2.00 e. The van der Waals surface area contributed by atoms with Crippen molar-refractivity contribution in [2.45, 2.75) is 83.1 Å².